The van der Waals surface area contributed by atoms with Crippen molar-refractivity contribution in [2.75, 3.05) is 13.7 Å². The van der Waals surface area contributed by atoms with Gasteiger partial charge in [0.15, 0.2) is 11.5 Å². The molecule has 2 aliphatic rings. The molecule has 1 unspecified atom stereocenters. The third-order valence-electron chi connectivity index (χ3n) is 6.94. The smallest absolute Gasteiger partial charge is 0.306 e. The molecular weight excluding hydrogens is 440 g/mol. The highest BCUT2D eigenvalue weighted by Crippen LogP contribution is 2.50. The number of aliphatic carboxylic acids is 1. The number of aliphatic hydroxyl groups is 2. The number of aliphatic hydroxyl groups excluding tert-OH is 2. The molecule has 1 aromatic rings. The summed E-state index contributed by atoms with van der Waals surface area (Å²) in [6.07, 6.45) is 8.69. The minimum Gasteiger partial charge on any atom is -0.493 e. The van der Waals surface area contributed by atoms with Gasteiger partial charge in [0.05, 0.1) is 19.1 Å². The van der Waals surface area contributed by atoms with Gasteiger partial charge in [-0.2, -0.15) is 11.8 Å². The van der Waals surface area contributed by atoms with Gasteiger partial charge in [0.25, 0.3) is 0 Å². The van der Waals surface area contributed by atoms with Crippen LogP contribution in [0, 0.1) is 17.8 Å². The van der Waals surface area contributed by atoms with Crippen molar-refractivity contribution in [3.63, 3.8) is 0 Å². The lowest BCUT2D eigenvalue weighted by atomic mass is 9.87. The van der Waals surface area contributed by atoms with Gasteiger partial charge in [-0.05, 0) is 56.6 Å². The number of benzene rings is 1. The van der Waals surface area contributed by atoms with Gasteiger partial charge in [-0.1, -0.05) is 37.6 Å². The van der Waals surface area contributed by atoms with Crippen LogP contribution in [0.3, 0.4) is 0 Å². The number of carbonyl (C=O) groups is 1. The van der Waals surface area contributed by atoms with E-state index < -0.39 is 18.2 Å². The zero-order valence-electron chi connectivity index (χ0n) is 19.6. The summed E-state index contributed by atoms with van der Waals surface area (Å²) in [4.78, 5) is 11.4. The number of carboxylic acid groups (broad SMARTS) is 1. The molecule has 1 saturated heterocycles. The van der Waals surface area contributed by atoms with Crippen molar-refractivity contribution in [3.05, 3.63) is 36.4 Å². The Morgan fingerprint density at radius 1 is 1.24 bits per heavy atom. The van der Waals surface area contributed by atoms with Crippen molar-refractivity contribution in [1.29, 1.82) is 0 Å². The molecule has 0 radical (unpaired) electrons. The lowest BCUT2D eigenvalue weighted by Gasteiger charge is -2.33. The first kappa shape index (κ1) is 25.9. The highest BCUT2D eigenvalue weighted by molar-refractivity contribution is 8.00. The molecule has 1 saturated carbocycles. The van der Waals surface area contributed by atoms with Crippen LogP contribution in [0.4, 0.5) is 0 Å². The molecule has 7 atom stereocenters. The maximum atomic E-state index is 11.4. The predicted molar refractivity (Wildman–Crippen MR) is 131 cm³/mol. The molecule has 3 rings (SSSR count). The number of hydrogen-bond donors (Lipinski definition) is 3. The topological polar surface area (TPSA) is 96.2 Å². The SMILES string of the molecule is CCCC(CC[C@H]1CC[C@@H]2[C@@H](C=C[C@@H](O)COc3ccccc3OC)[C@H](O)C[C@@H]2S1)C(=O)O. The van der Waals surface area contributed by atoms with E-state index in [1.165, 1.54) is 0 Å². The average Bonchev–Trinajstić information content (AvgIpc) is 3.12. The molecule has 1 aliphatic carbocycles. The van der Waals surface area contributed by atoms with Gasteiger partial charge >= 0.3 is 5.97 Å². The van der Waals surface area contributed by atoms with Crippen LogP contribution in [0.2, 0.25) is 0 Å². The summed E-state index contributed by atoms with van der Waals surface area (Å²) in [7, 11) is 1.58. The Bertz CT molecular complexity index is 784. The van der Waals surface area contributed by atoms with Crippen LogP contribution in [-0.2, 0) is 4.79 Å². The molecule has 1 aliphatic heterocycles. The van der Waals surface area contributed by atoms with Crippen LogP contribution >= 0.6 is 11.8 Å². The molecule has 0 spiro atoms. The number of carboxylic acids is 1. The van der Waals surface area contributed by atoms with E-state index in [0.29, 0.717) is 27.9 Å². The Balaban J connectivity index is 1.48. The van der Waals surface area contributed by atoms with E-state index in [0.717, 1.165) is 44.9 Å². The number of para-hydroxylation sites is 2. The molecule has 2 fully saturated rings. The summed E-state index contributed by atoms with van der Waals surface area (Å²) in [6.45, 7) is 2.15. The Morgan fingerprint density at radius 2 is 2.00 bits per heavy atom. The van der Waals surface area contributed by atoms with Gasteiger partial charge in [0, 0.05) is 16.4 Å². The van der Waals surface area contributed by atoms with E-state index in [-0.39, 0.29) is 18.4 Å². The van der Waals surface area contributed by atoms with E-state index in [9.17, 15) is 20.1 Å². The van der Waals surface area contributed by atoms with Crippen molar-refractivity contribution in [2.45, 2.75) is 74.6 Å². The summed E-state index contributed by atoms with van der Waals surface area (Å²) >= 11 is 1.94. The summed E-state index contributed by atoms with van der Waals surface area (Å²) in [5, 5.41) is 31.3. The fourth-order valence-corrected chi connectivity index (χ4v) is 7.03. The number of thioether (sulfide) groups is 1. The lowest BCUT2D eigenvalue weighted by molar-refractivity contribution is -0.142. The van der Waals surface area contributed by atoms with Crippen LogP contribution in [-0.4, -0.2) is 57.7 Å². The number of rotatable bonds is 12. The number of hydrogen-bond acceptors (Lipinski definition) is 6. The minimum atomic E-state index is -0.767. The second-order valence-corrected chi connectivity index (χ2v) is 10.8. The molecule has 184 valence electrons. The molecule has 1 aromatic carbocycles. The first-order valence-electron chi connectivity index (χ1n) is 12.1. The summed E-state index contributed by atoms with van der Waals surface area (Å²) < 4.78 is 11.0. The van der Waals surface area contributed by atoms with Crippen molar-refractivity contribution in [2.24, 2.45) is 17.8 Å². The third-order valence-corrected chi connectivity index (χ3v) is 8.68. The second-order valence-electron chi connectivity index (χ2n) is 9.23. The van der Waals surface area contributed by atoms with Gasteiger partial charge in [-0.3, -0.25) is 4.79 Å². The Hall–Kier alpha value is -1.70. The van der Waals surface area contributed by atoms with Gasteiger partial charge in [0.2, 0.25) is 0 Å². The van der Waals surface area contributed by atoms with E-state index in [1.807, 2.05) is 43.0 Å². The molecule has 0 bridgehead atoms. The average molecular weight is 479 g/mol. The number of fused-ring (bicyclic) bond motifs is 1. The summed E-state index contributed by atoms with van der Waals surface area (Å²) in [5.41, 5.74) is 0. The summed E-state index contributed by atoms with van der Waals surface area (Å²) in [5.74, 6) is 0.734. The van der Waals surface area contributed by atoms with Crippen LogP contribution in [0.1, 0.15) is 51.9 Å². The first-order chi connectivity index (χ1) is 15.9. The van der Waals surface area contributed by atoms with Crippen LogP contribution in [0.15, 0.2) is 36.4 Å². The fraction of sp³-hybridized carbons (Fsp3) is 0.654. The Morgan fingerprint density at radius 3 is 2.70 bits per heavy atom. The monoisotopic (exact) mass is 478 g/mol. The van der Waals surface area contributed by atoms with E-state index in [1.54, 1.807) is 19.3 Å². The highest BCUT2D eigenvalue weighted by Gasteiger charge is 2.44. The van der Waals surface area contributed by atoms with Crippen molar-refractivity contribution in [1.82, 2.24) is 0 Å². The first-order valence-corrected chi connectivity index (χ1v) is 13.1. The van der Waals surface area contributed by atoms with Crippen molar-refractivity contribution >= 4 is 17.7 Å². The fourth-order valence-electron chi connectivity index (χ4n) is 5.17. The summed E-state index contributed by atoms with van der Waals surface area (Å²) in [6, 6.07) is 7.33. The van der Waals surface area contributed by atoms with Crippen LogP contribution in [0.5, 0.6) is 11.5 Å². The number of methoxy groups -OCH3 is 1. The predicted octanol–water partition coefficient (Wildman–Crippen LogP) is 4.53. The molecular formula is C26H38O6S. The molecule has 3 N–H and O–H groups in total. The number of ether oxygens (including phenoxy) is 2. The van der Waals surface area contributed by atoms with Crippen LogP contribution in [0.25, 0.3) is 0 Å². The van der Waals surface area contributed by atoms with E-state index in [4.69, 9.17) is 9.47 Å². The van der Waals surface area contributed by atoms with Gasteiger partial charge in [-0.25, -0.2) is 0 Å². The molecule has 7 heteroatoms. The third kappa shape index (κ3) is 7.14. The van der Waals surface area contributed by atoms with Gasteiger partial charge in [0.1, 0.15) is 12.7 Å². The van der Waals surface area contributed by atoms with Crippen molar-refractivity contribution < 1.29 is 29.6 Å². The largest absolute Gasteiger partial charge is 0.493 e. The van der Waals surface area contributed by atoms with E-state index in [2.05, 4.69) is 0 Å². The highest BCUT2D eigenvalue weighted by atomic mass is 32.2. The zero-order valence-corrected chi connectivity index (χ0v) is 20.5. The maximum absolute atomic E-state index is 11.4. The second kappa shape index (κ2) is 12.7. The molecule has 33 heavy (non-hydrogen) atoms. The Labute approximate surface area is 201 Å². The van der Waals surface area contributed by atoms with Crippen molar-refractivity contribution in [3.8, 4) is 11.5 Å². The van der Waals surface area contributed by atoms with Gasteiger partial charge < -0.3 is 24.8 Å². The molecule has 0 aromatic heterocycles. The lowest BCUT2D eigenvalue weighted by Crippen LogP contribution is -2.27. The Kier molecular flexibility index (Phi) is 9.95. The minimum absolute atomic E-state index is 0.0382. The maximum Gasteiger partial charge on any atom is 0.306 e. The molecule has 0 amide bonds. The standard InChI is InChI=1S/C26H38O6S/c1-3-6-17(26(29)30)9-11-19-12-14-21-20(22(28)15-25(21)33-19)13-10-18(27)16-32-24-8-5-4-7-23(24)31-2/h4-5,7-8,10,13,17-22,25,27-28H,3,6,9,11-12,14-16H2,1-2H3,(H,29,30)/t17?,18-,19+,20-,21-,22-,25+/m1/s1. The zero-order chi connectivity index (χ0) is 23.8. The van der Waals surface area contributed by atoms with E-state index >= 15 is 0 Å². The van der Waals surface area contributed by atoms with Gasteiger partial charge in [-0.15, -0.1) is 0 Å². The molecule has 1 heterocycles. The normalized spacial score (nSPS) is 28.9. The molecule has 6 nitrogen and oxygen atoms in total. The van der Waals surface area contributed by atoms with Crippen LogP contribution < -0.4 is 9.47 Å². The quantitative estimate of drug-likeness (QED) is 0.380.